The zero-order chi connectivity index (χ0) is 37.4. The molecular formula is C37H58N6O7. The van der Waals surface area contributed by atoms with E-state index in [1.807, 2.05) is 27.7 Å². The monoisotopic (exact) mass is 698 g/mol. The molecule has 1 heterocycles. The number of carbonyl (C=O) groups is 6. The predicted molar refractivity (Wildman–Crippen MR) is 189 cm³/mol. The molecule has 278 valence electrons. The Kier molecular flexibility index (Phi) is 13.5. The van der Waals surface area contributed by atoms with Crippen molar-refractivity contribution in [2.24, 2.45) is 28.1 Å². The van der Waals surface area contributed by atoms with Crippen LogP contribution in [0, 0.1) is 40.4 Å². The van der Waals surface area contributed by atoms with Gasteiger partial charge in [0.1, 0.15) is 18.7 Å². The Morgan fingerprint density at radius 2 is 1.68 bits per heavy atom. The molecule has 0 spiro atoms. The number of nitrogens with one attached hydrogen (secondary N) is 5. The van der Waals surface area contributed by atoms with E-state index in [2.05, 4.69) is 52.9 Å². The lowest BCUT2D eigenvalue weighted by Crippen LogP contribution is -2.63. The maximum atomic E-state index is 14.7. The number of rotatable bonds is 15. The lowest BCUT2D eigenvalue weighted by Gasteiger charge is -2.43. The molecule has 6 atom stereocenters. The minimum absolute atomic E-state index is 0.0447. The van der Waals surface area contributed by atoms with Crippen LogP contribution in [-0.4, -0.2) is 90.9 Å². The second kappa shape index (κ2) is 16.8. The van der Waals surface area contributed by atoms with Crippen LogP contribution in [0.25, 0.3) is 0 Å². The fraction of sp³-hybridized carbons (Fsp3) is 0.730. The van der Waals surface area contributed by atoms with Crippen LogP contribution in [0.5, 0.6) is 0 Å². The van der Waals surface area contributed by atoms with Gasteiger partial charge in [-0.2, -0.15) is 0 Å². The normalized spacial score (nSPS) is 23.4. The molecule has 2 saturated carbocycles. The third kappa shape index (κ3) is 9.58. The Hall–Kier alpha value is -4.08. The van der Waals surface area contributed by atoms with Crippen molar-refractivity contribution in [2.75, 3.05) is 26.2 Å². The lowest BCUT2D eigenvalue weighted by molar-refractivity contribution is -0.146. The molecule has 0 radical (unpaired) electrons. The summed E-state index contributed by atoms with van der Waals surface area (Å²) < 4.78 is 5.35. The first-order valence-electron chi connectivity index (χ1n) is 17.9. The number of alkyl carbamates (subject to hydrolysis) is 1. The number of hydrogen-bond donors (Lipinski definition) is 5. The van der Waals surface area contributed by atoms with Gasteiger partial charge in [0.15, 0.2) is 0 Å². The van der Waals surface area contributed by atoms with Gasteiger partial charge in [0.25, 0.3) is 5.91 Å². The number of piperidine rings is 1. The molecule has 0 aromatic rings. The molecule has 1 saturated heterocycles. The summed E-state index contributed by atoms with van der Waals surface area (Å²) in [5.41, 5.74) is -1.30. The SMILES string of the molecule is C#CCCC(NC(=O)[C@@H]1C2C(CN1C(=O)[C@@H](NC(=O)N[C@H](COC(=O)NCC)C(C)(C)C)C1(C)CCCCC1)C2(C)C)C(=O)C(=O)NCC=C. The van der Waals surface area contributed by atoms with Crippen molar-refractivity contribution < 1.29 is 33.5 Å². The summed E-state index contributed by atoms with van der Waals surface area (Å²) in [5, 5.41) is 13.7. The van der Waals surface area contributed by atoms with E-state index in [0.717, 1.165) is 19.3 Å². The van der Waals surface area contributed by atoms with E-state index in [0.29, 0.717) is 25.9 Å². The molecule has 0 aromatic heterocycles. The number of ether oxygens (including phenoxy) is 1. The molecule has 3 aliphatic rings. The van der Waals surface area contributed by atoms with Crippen LogP contribution >= 0.6 is 0 Å². The van der Waals surface area contributed by atoms with Crippen LogP contribution in [0.4, 0.5) is 9.59 Å². The molecule has 3 fully saturated rings. The van der Waals surface area contributed by atoms with Gasteiger partial charge in [-0.3, -0.25) is 19.2 Å². The summed E-state index contributed by atoms with van der Waals surface area (Å²) in [6.45, 7) is 17.9. The van der Waals surface area contributed by atoms with Gasteiger partial charge in [0.05, 0.1) is 12.1 Å². The fourth-order valence-electron chi connectivity index (χ4n) is 7.52. The summed E-state index contributed by atoms with van der Waals surface area (Å²) in [4.78, 5) is 81.8. The molecule has 0 aromatic carbocycles. The number of nitrogens with zero attached hydrogens (tertiary/aromatic N) is 1. The number of hydrogen-bond acceptors (Lipinski definition) is 7. The maximum Gasteiger partial charge on any atom is 0.407 e. The number of likely N-dealkylation sites (tertiary alicyclic amines) is 1. The number of ketones is 1. The third-order valence-corrected chi connectivity index (χ3v) is 10.9. The second-order valence-corrected chi connectivity index (χ2v) is 15.9. The van der Waals surface area contributed by atoms with Crippen LogP contribution in [0.2, 0.25) is 0 Å². The third-order valence-electron chi connectivity index (χ3n) is 10.9. The first kappa shape index (κ1) is 40.4. The summed E-state index contributed by atoms with van der Waals surface area (Å²) in [6.07, 6.45) is 10.7. The van der Waals surface area contributed by atoms with Gasteiger partial charge in [-0.25, -0.2) is 9.59 Å². The molecule has 13 nitrogen and oxygen atoms in total. The zero-order valence-corrected chi connectivity index (χ0v) is 30.9. The van der Waals surface area contributed by atoms with Gasteiger partial charge in [0.2, 0.25) is 17.6 Å². The van der Waals surface area contributed by atoms with Crippen LogP contribution in [0.1, 0.15) is 93.4 Å². The van der Waals surface area contributed by atoms with Gasteiger partial charge in [0, 0.05) is 26.1 Å². The highest BCUT2D eigenvalue weighted by molar-refractivity contribution is 6.38. The Morgan fingerprint density at radius 1 is 1.02 bits per heavy atom. The summed E-state index contributed by atoms with van der Waals surface area (Å²) >= 11 is 0. The number of fused-ring (bicyclic) bond motifs is 1. The average Bonchev–Trinajstić information content (AvgIpc) is 3.36. The molecule has 3 rings (SSSR count). The van der Waals surface area contributed by atoms with E-state index >= 15 is 0 Å². The van der Waals surface area contributed by atoms with Gasteiger partial charge < -0.3 is 36.2 Å². The Balaban J connectivity index is 1.89. The average molecular weight is 699 g/mol. The smallest absolute Gasteiger partial charge is 0.407 e. The standard InChI is InChI=1S/C37H58N6O7/c1-10-13-17-24(28(44)31(46)39-20-11-2)40-30(45)27-26-23(36(26,7)8)21-43(27)32(47)29(37(9)18-15-14-16-19-37)42-33(48)41-25(35(4,5)6)22-50-34(49)38-12-3/h1,11,23-27,29H,2,12-22H2,3-9H3,(H,38,49)(H,39,46)(H,40,45)(H2,41,42,48)/t23?,24?,25-,26?,27+,29-/m1/s1. The molecule has 5 N–H and O–H groups in total. The number of carbonyl (C=O) groups excluding carboxylic acids is 6. The molecule has 3 unspecified atom stereocenters. The van der Waals surface area contributed by atoms with Crippen molar-refractivity contribution in [3.05, 3.63) is 12.7 Å². The van der Waals surface area contributed by atoms with Gasteiger partial charge in [-0.05, 0) is 54.3 Å². The predicted octanol–water partition coefficient (Wildman–Crippen LogP) is 3.04. The summed E-state index contributed by atoms with van der Waals surface area (Å²) in [5.74, 6) is -0.250. The van der Waals surface area contributed by atoms with E-state index < -0.39 is 64.7 Å². The van der Waals surface area contributed by atoms with E-state index in [4.69, 9.17) is 11.2 Å². The number of urea groups is 1. The van der Waals surface area contributed by atoms with Crippen LogP contribution in [0.3, 0.4) is 0 Å². The highest BCUT2D eigenvalue weighted by Gasteiger charge is 2.70. The molecule has 1 aliphatic heterocycles. The van der Waals surface area contributed by atoms with Crippen LogP contribution in [0.15, 0.2) is 12.7 Å². The summed E-state index contributed by atoms with van der Waals surface area (Å²) in [6, 6.07) is -4.18. The maximum absolute atomic E-state index is 14.7. The zero-order valence-electron chi connectivity index (χ0n) is 30.9. The van der Waals surface area contributed by atoms with Crippen molar-refractivity contribution in [3.8, 4) is 12.3 Å². The van der Waals surface area contributed by atoms with Crippen molar-refractivity contribution >= 4 is 35.6 Å². The van der Waals surface area contributed by atoms with E-state index in [9.17, 15) is 28.8 Å². The quantitative estimate of drug-likeness (QED) is 0.0993. The lowest BCUT2D eigenvalue weighted by atomic mass is 9.70. The van der Waals surface area contributed by atoms with Gasteiger partial charge in [-0.1, -0.05) is 66.9 Å². The Morgan fingerprint density at radius 3 is 2.26 bits per heavy atom. The van der Waals surface area contributed by atoms with E-state index in [1.54, 1.807) is 11.8 Å². The van der Waals surface area contributed by atoms with Crippen molar-refractivity contribution in [2.45, 2.75) is 118 Å². The highest BCUT2D eigenvalue weighted by Crippen LogP contribution is 2.65. The fourth-order valence-corrected chi connectivity index (χ4v) is 7.52. The Labute approximate surface area is 297 Å². The minimum atomic E-state index is -1.17. The van der Waals surface area contributed by atoms with Gasteiger partial charge >= 0.3 is 12.1 Å². The number of amides is 6. The Bertz CT molecular complexity index is 1340. The molecule has 0 bridgehead atoms. The largest absolute Gasteiger partial charge is 0.447 e. The molecule has 6 amide bonds. The topological polar surface area (TPSA) is 175 Å². The highest BCUT2D eigenvalue weighted by atomic mass is 16.5. The van der Waals surface area contributed by atoms with Crippen LogP contribution in [-0.2, 0) is 23.9 Å². The second-order valence-electron chi connectivity index (χ2n) is 15.9. The minimum Gasteiger partial charge on any atom is -0.447 e. The molecule has 50 heavy (non-hydrogen) atoms. The van der Waals surface area contributed by atoms with Crippen LogP contribution < -0.4 is 26.6 Å². The first-order valence-corrected chi connectivity index (χ1v) is 17.9. The van der Waals surface area contributed by atoms with Gasteiger partial charge in [-0.15, -0.1) is 18.9 Å². The van der Waals surface area contributed by atoms with E-state index in [-0.39, 0.29) is 49.2 Å². The van der Waals surface area contributed by atoms with Crippen molar-refractivity contribution in [1.29, 1.82) is 0 Å². The molecular weight excluding hydrogens is 640 g/mol. The first-order chi connectivity index (χ1) is 23.4. The molecule has 13 heteroatoms. The number of terminal acetylenes is 1. The van der Waals surface area contributed by atoms with Crippen molar-refractivity contribution in [1.82, 2.24) is 31.5 Å². The molecule has 2 aliphatic carbocycles. The number of Topliss-reactive ketones (excluding diaryl/α,β-unsaturated/α-hetero) is 1. The van der Waals surface area contributed by atoms with E-state index in [1.165, 1.54) is 6.08 Å². The summed E-state index contributed by atoms with van der Waals surface area (Å²) in [7, 11) is 0. The van der Waals surface area contributed by atoms with Crippen molar-refractivity contribution in [3.63, 3.8) is 0 Å².